The van der Waals surface area contributed by atoms with Crippen LogP contribution < -0.4 is 10.5 Å². The van der Waals surface area contributed by atoms with Gasteiger partial charge in [-0.05, 0) is 43.7 Å². The summed E-state index contributed by atoms with van der Waals surface area (Å²) in [7, 11) is -4.03. The molecule has 144 valence electrons. The molecule has 0 aliphatic heterocycles. The van der Waals surface area contributed by atoms with Crippen molar-refractivity contribution in [2.24, 2.45) is 5.14 Å². The molecule has 3 N–H and O–H groups in total. The van der Waals surface area contributed by atoms with Crippen LogP contribution in [-0.4, -0.2) is 26.4 Å². The van der Waals surface area contributed by atoms with Crippen molar-refractivity contribution in [3.8, 4) is 0 Å². The van der Waals surface area contributed by atoms with Gasteiger partial charge in [0.2, 0.25) is 10.0 Å². The molecular weight excluding hydrogens is 382 g/mol. The van der Waals surface area contributed by atoms with Gasteiger partial charge in [0.15, 0.2) is 6.10 Å². The van der Waals surface area contributed by atoms with E-state index in [1.807, 2.05) is 0 Å². The largest absolute Gasteiger partial charge is 0.449 e. The van der Waals surface area contributed by atoms with Crippen molar-refractivity contribution in [2.45, 2.75) is 24.8 Å². The van der Waals surface area contributed by atoms with Gasteiger partial charge >= 0.3 is 5.97 Å². The molecule has 10 heteroatoms. The summed E-state index contributed by atoms with van der Waals surface area (Å²) >= 11 is 0. The molecule has 27 heavy (non-hydrogen) atoms. The first-order valence-electron chi connectivity index (χ1n) is 7.59. The minimum absolute atomic E-state index is 0.0888. The molecule has 1 amide bonds. The monoisotopic (exact) mass is 398 g/mol. The summed E-state index contributed by atoms with van der Waals surface area (Å²) in [5.41, 5.74) is 0.0374. The Labute approximate surface area is 154 Å². The number of esters is 1. The van der Waals surface area contributed by atoms with Gasteiger partial charge in [0.25, 0.3) is 5.91 Å². The highest BCUT2D eigenvalue weighted by Gasteiger charge is 2.22. The Bertz CT molecular complexity index is 1010. The lowest BCUT2D eigenvalue weighted by Crippen LogP contribution is -2.30. The van der Waals surface area contributed by atoms with E-state index in [4.69, 9.17) is 9.88 Å². The SMILES string of the molecule is Cc1ccc(S(N)(=O)=O)cc1C(=O)OC(C)C(=O)Nc1ccc(F)cc1F. The van der Waals surface area contributed by atoms with E-state index in [0.29, 0.717) is 11.6 Å². The lowest BCUT2D eigenvalue weighted by atomic mass is 10.1. The first-order valence-corrected chi connectivity index (χ1v) is 9.14. The number of anilines is 1. The van der Waals surface area contributed by atoms with Crippen LogP contribution in [0, 0.1) is 18.6 Å². The van der Waals surface area contributed by atoms with Gasteiger partial charge < -0.3 is 10.1 Å². The number of hydrogen-bond acceptors (Lipinski definition) is 5. The second-order valence-corrected chi connectivity index (χ2v) is 7.24. The van der Waals surface area contributed by atoms with Crippen LogP contribution >= 0.6 is 0 Å². The van der Waals surface area contributed by atoms with Gasteiger partial charge in [-0.3, -0.25) is 4.79 Å². The predicted molar refractivity (Wildman–Crippen MR) is 92.4 cm³/mol. The molecule has 0 bridgehead atoms. The molecule has 0 aliphatic rings. The average Bonchev–Trinajstić information content (AvgIpc) is 2.56. The second-order valence-electron chi connectivity index (χ2n) is 5.68. The van der Waals surface area contributed by atoms with E-state index in [0.717, 1.165) is 18.2 Å². The number of rotatable bonds is 5. The Morgan fingerprint density at radius 3 is 2.41 bits per heavy atom. The van der Waals surface area contributed by atoms with Crippen LogP contribution in [0.15, 0.2) is 41.3 Å². The normalized spacial score (nSPS) is 12.3. The molecule has 0 aromatic heterocycles. The summed E-state index contributed by atoms with van der Waals surface area (Å²) in [5, 5.41) is 7.20. The highest BCUT2D eigenvalue weighted by molar-refractivity contribution is 7.89. The molecule has 1 atom stereocenters. The van der Waals surface area contributed by atoms with Crippen LogP contribution in [0.5, 0.6) is 0 Å². The number of aryl methyl sites for hydroxylation is 1. The predicted octanol–water partition coefficient (Wildman–Crippen LogP) is 2.10. The number of sulfonamides is 1. The number of primary sulfonamides is 1. The Hall–Kier alpha value is -2.85. The van der Waals surface area contributed by atoms with Crippen LogP contribution in [0.1, 0.15) is 22.8 Å². The van der Waals surface area contributed by atoms with E-state index >= 15 is 0 Å². The molecule has 2 aromatic carbocycles. The fourth-order valence-corrected chi connectivity index (χ4v) is 2.64. The van der Waals surface area contributed by atoms with Crippen molar-refractivity contribution >= 4 is 27.6 Å². The molecule has 1 unspecified atom stereocenters. The third-order valence-corrected chi connectivity index (χ3v) is 4.51. The number of carbonyl (C=O) groups is 2. The van der Waals surface area contributed by atoms with E-state index in [1.54, 1.807) is 6.92 Å². The first kappa shape index (κ1) is 20.5. The van der Waals surface area contributed by atoms with Gasteiger partial charge in [0, 0.05) is 6.07 Å². The van der Waals surface area contributed by atoms with Crippen LogP contribution in [-0.2, 0) is 19.6 Å². The molecule has 0 heterocycles. The highest BCUT2D eigenvalue weighted by Crippen LogP contribution is 2.18. The average molecular weight is 398 g/mol. The lowest BCUT2D eigenvalue weighted by molar-refractivity contribution is -0.123. The zero-order chi connectivity index (χ0) is 20.4. The lowest BCUT2D eigenvalue weighted by Gasteiger charge is -2.15. The van der Waals surface area contributed by atoms with Crippen LogP contribution in [0.3, 0.4) is 0 Å². The minimum atomic E-state index is -4.03. The third kappa shape index (κ3) is 5.08. The van der Waals surface area contributed by atoms with E-state index in [2.05, 4.69) is 5.32 Å². The van der Waals surface area contributed by atoms with Crippen molar-refractivity contribution in [1.82, 2.24) is 0 Å². The molecule has 7 nitrogen and oxygen atoms in total. The van der Waals surface area contributed by atoms with Gasteiger partial charge in [-0.1, -0.05) is 6.07 Å². The second kappa shape index (κ2) is 7.80. The standard InChI is InChI=1S/C17H16F2N2O5S/c1-9-3-5-12(27(20,24)25)8-13(9)17(23)26-10(2)16(22)21-15-6-4-11(18)7-14(15)19/h3-8,10H,1-2H3,(H,21,22)(H2,20,24,25). The van der Waals surface area contributed by atoms with E-state index in [1.165, 1.54) is 19.1 Å². The van der Waals surface area contributed by atoms with Gasteiger partial charge in [-0.15, -0.1) is 0 Å². The number of hydrogen-bond donors (Lipinski definition) is 2. The summed E-state index contributed by atoms with van der Waals surface area (Å²) in [6.45, 7) is 2.79. The van der Waals surface area contributed by atoms with Crippen molar-refractivity contribution < 1.29 is 31.5 Å². The summed E-state index contributed by atoms with van der Waals surface area (Å²) in [4.78, 5) is 24.0. The number of nitrogens with one attached hydrogen (secondary N) is 1. The maximum absolute atomic E-state index is 13.6. The topological polar surface area (TPSA) is 116 Å². The van der Waals surface area contributed by atoms with Gasteiger partial charge in [-0.2, -0.15) is 0 Å². The van der Waals surface area contributed by atoms with E-state index in [-0.39, 0.29) is 16.1 Å². The minimum Gasteiger partial charge on any atom is -0.449 e. The van der Waals surface area contributed by atoms with Crippen LogP contribution in [0.4, 0.5) is 14.5 Å². The number of carbonyl (C=O) groups excluding carboxylic acids is 2. The van der Waals surface area contributed by atoms with Crippen molar-refractivity contribution in [3.05, 3.63) is 59.2 Å². The fourth-order valence-electron chi connectivity index (χ4n) is 2.10. The third-order valence-electron chi connectivity index (χ3n) is 3.60. The number of amides is 1. The summed E-state index contributed by atoms with van der Waals surface area (Å²) in [6.07, 6.45) is -1.33. The molecule has 0 saturated heterocycles. The van der Waals surface area contributed by atoms with E-state index in [9.17, 15) is 26.8 Å². The van der Waals surface area contributed by atoms with Crippen LogP contribution in [0.2, 0.25) is 0 Å². The highest BCUT2D eigenvalue weighted by atomic mass is 32.2. The van der Waals surface area contributed by atoms with Gasteiger partial charge in [0.05, 0.1) is 16.1 Å². The Kier molecular flexibility index (Phi) is 5.91. The first-order chi connectivity index (χ1) is 12.5. The van der Waals surface area contributed by atoms with Crippen molar-refractivity contribution in [2.75, 3.05) is 5.32 Å². The fraction of sp³-hybridized carbons (Fsp3) is 0.176. The van der Waals surface area contributed by atoms with Gasteiger partial charge in [-0.25, -0.2) is 27.1 Å². The summed E-state index contributed by atoms with van der Waals surface area (Å²) in [5.74, 6) is -3.61. The molecule has 0 spiro atoms. The molecule has 2 rings (SSSR count). The number of ether oxygens (including phenoxy) is 1. The summed E-state index contributed by atoms with van der Waals surface area (Å²) < 4.78 is 54.3. The smallest absolute Gasteiger partial charge is 0.339 e. The summed E-state index contributed by atoms with van der Waals surface area (Å²) in [6, 6.07) is 6.21. The molecular formula is C17H16F2N2O5S. The molecule has 0 radical (unpaired) electrons. The Morgan fingerprint density at radius 2 is 1.81 bits per heavy atom. The Balaban J connectivity index is 2.14. The van der Waals surface area contributed by atoms with Gasteiger partial charge in [0.1, 0.15) is 11.6 Å². The maximum Gasteiger partial charge on any atom is 0.339 e. The number of halogens is 2. The molecule has 0 fully saturated rings. The quantitative estimate of drug-likeness (QED) is 0.749. The number of nitrogens with two attached hydrogens (primary N) is 1. The zero-order valence-corrected chi connectivity index (χ0v) is 15.1. The zero-order valence-electron chi connectivity index (χ0n) is 14.3. The van der Waals surface area contributed by atoms with Crippen molar-refractivity contribution in [3.63, 3.8) is 0 Å². The number of benzene rings is 2. The van der Waals surface area contributed by atoms with Crippen molar-refractivity contribution in [1.29, 1.82) is 0 Å². The molecule has 0 saturated carbocycles. The van der Waals surface area contributed by atoms with Crippen LogP contribution in [0.25, 0.3) is 0 Å². The maximum atomic E-state index is 13.6. The van der Waals surface area contributed by atoms with E-state index < -0.39 is 39.6 Å². The Morgan fingerprint density at radius 1 is 1.15 bits per heavy atom. The molecule has 2 aromatic rings. The molecule has 0 aliphatic carbocycles.